The first-order chi connectivity index (χ1) is 7.51. The highest BCUT2D eigenvalue weighted by Crippen LogP contribution is 2.35. The molecule has 2 rings (SSSR count). The van der Waals surface area contributed by atoms with Gasteiger partial charge < -0.3 is 5.11 Å². The lowest BCUT2D eigenvalue weighted by Gasteiger charge is -2.35. The summed E-state index contributed by atoms with van der Waals surface area (Å²) in [5.41, 5.74) is 0. The molecular formula is C11H21NO3S. The van der Waals surface area contributed by atoms with E-state index in [1.165, 1.54) is 0 Å². The molecule has 0 amide bonds. The van der Waals surface area contributed by atoms with Crippen LogP contribution in [-0.2, 0) is 10.0 Å². The fourth-order valence-electron chi connectivity index (χ4n) is 2.50. The van der Waals surface area contributed by atoms with Gasteiger partial charge in [0.1, 0.15) is 0 Å². The van der Waals surface area contributed by atoms with Crippen molar-refractivity contribution in [2.75, 3.05) is 6.54 Å². The summed E-state index contributed by atoms with van der Waals surface area (Å²) in [6, 6.07) is 0.0272. The molecule has 0 aromatic carbocycles. The van der Waals surface area contributed by atoms with Crippen molar-refractivity contribution in [1.29, 1.82) is 0 Å². The first-order valence-electron chi connectivity index (χ1n) is 6.20. The van der Waals surface area contributed by atoms with Gasteiger partial charge in [0.2, 0.25) is 10.0 Å². The molecule has 2 fully saturated rings. The van der Waals surface area contributed by atoms with Crippen LogP contribution in [0.5, 0.6) is 0 Å². The number of hydrogen-bond acceptors (Lipinski definition) is 3. The monoisotopic (exact) mass is 247 g/mol. The van der Waals surface area contributed by atoms with E-state index in [4.69, 9.17) is 0 Å². The predicted octanol–water partition coefficient (Wildman–Crippen LogP) is 1.10. The topological polar surface area (TPSA) is 57.6 Å². The molecule has 0 bridgehead atoms. The smallest absolute Gasteiger partial charge is 0.217 e. The molecule has 1 saturated heterocycles. The third-order valence-electron chi connectivity index (χ3n) is 3.46. The van der Waals surface area contributed by atoms with Gasteiger partial charge in [-0.1, -0.05) is 6.42 Å². The lowest BCUT2D eigenvalue weighted by molar-refractivity contribution is 0.131. The van der Waals surface area contributed by atoms with Gasteiger partial charge in [0.15, 0.2) is 0 Å². The average Bonchev–Trinajstić information content (AvgIpc) is 3.00. The Morgan fingerprint density at radius 1 is 1.31 bits per heavy atom. The number of sulfonamides is 1. The quantitative estimate of drug-likeness (QED) is 0.809. The Hall–Kier alpha value is -0.130. The van der Waals surface area contributed by atoms with Gasteiger partial charge in [-0.25, -0.2) is 8.42 Å². The lowest BCUT2D eigenvalue weighted by Crippen LogP contribution is -2.46. The van der Waals surface area contributed by atoms with E-state index >= 15 is 0 Å². The van der Waals surface area contributed by atoms with Crippen molar-refractivity contribution in [2.24, 2.45) is 0 Å². The van der Waals surface area contributed by atoms with Gasteiger partial charge in [0.25, 0.3) is 0 Å². The van der Waals surface area contributed by atoms with Crippen LogP contribution in [0.1, 0.15) is 45.4 Å². The maximum absolute atomic E-state index is 12.2. The zero-order valence-electron chi connectivity index (χ0n) is 9.80. The first kappa shape index (κ1) is 12.3. The van der Waals surface area contributed by atoms with Crippen LogP contribution in [-0.4, -0.2) is 41.8 Å². The van der Waals surface area contributed by atoms with Crippen molar-refractivity contribution in [3.05, 3.63) is 0 Å². The molecule has 94 valence electrons. The molecule has 0 aromatic rings. The van der Waals surface area contributed by atoms with Crippen LogP contribution in [0.4, 0.5) is 0 Å². The van der Waals surface area contributed by atoms with E-state index in [0.29, 0.717) is 13.0 Å². The Balaban J connectivity index is 2.09. The maximum Gasteiger partial charge on any atom is 0.217 e. The minimum Gasteiger partial charge on any atom is -0.393 e. The molecule has 2 atom stereocenters. The van der Waals surface area contributed by atoms with Crippen molar-refractivity contribution in [2.45, 2.75) is 62.8 Å². The highest BCUT2D eigenvalue weighted by Gasteiger charge is 2.43. The normalized spacial score (nSPS) is 30.2. The summed E-state index contributed by atoms with van der Waals surface area (Å²) in [6.45, 7) is 2.38. The molecule has 16 heavy (non-hydrogen) atoms. The molecule has 2 aliphatic rings. The van der Waals surface area contributed by atoms with Gasteiger partial charge in [-0.15, -0.1) is 0 Å². The highest BCUT2D eigenvalue weighted by molar-refractivity contribution is 7.90. The number of rotatable bonds is 4. The van der Waals surface area contributed by atoms with E-state index in [2.05, 4.69) is 0 Å². The lowest BCUT2D eigenvalue weighted by atomic mass is 10.00. The third-order valence-corrected chi connectivity index (χ3v) is 5.91. The summed E-state index contributed by atoms with van der Waals surface area (Å²) >= 11 is 0. The number of aliphatic hydroxyl groups is 1. The third kappa shape index (κ3) is 2.57. The second-order valence-corrected chi connectivity index (χ2v) is 7.25. The standard InChI is InChI=1S/C11H21NO3S/c1-9(13)8-10-4-2-3-7-12(10)16(14,15)11-5-6-11/h9-11,13H,2-8H2,1H3. The van der Waals surface area contributed by atoms with Crippen molar-refractivity contribution >= 4 is 10.0 Å². The van der Waals surface area contributed by atoms with Crippen LogP contribution in [0, 0.1) is 0 Å². The van der Waals surface area contributed by atoms with Crippen LogP contribution in [0.2, 0.25) is 0 Å². The summed E-state index contributed by atoms with van der Waals surface area (Å²) in [5.74, 6) is 0. The van der Waals surface area contributed by atoms with Crippen molar-refractivity contribution < 1.29 is 13.5 Å². The fraction of sp³-hybridized carbons (Fsp3) is 1.00. The molecular weight excluding hydrogens is 226 g/mol. The highest BCUT2D eigenvalue weighted by atomic mass is 32.2. The minimum absolute atomic E-state index is 0.0272. The Morgan fingerprint density at radius 3 is 2.56 bits per heavy atom. The van der Waals surface area contributed by atoms with Crippen molar-refractivity contribution in [3.8, 4) is 0 Å². The molecule has 2 unspecified atom stereocenters. The van der Waals surface area contributed by atoms with Gasteiger partial charge >= 0.3 is 0 Å². The van der Waals surface area contributed by atoms with E-state index in [1.54, 1.807) is 11.2 Å². The first-order valence-corrected chi connectivity index (χ1v) is 7.71. The van der Waals surface area contributed by atoms with Crippen LogP contribution in [0.25, 0.3) is 0 Å². The second-order valence-electron chi connectivity index (χ2n) is 5.09. The fourth-order valence-corrected chi connectivity index (χ4v) is 4.60. The van der Waals surface area contributed by atoms with E-state index in [-0.39, 0.29) is 11.3 Å². The van der Waals surface area contributed by atoms with E-state index in [0.717, 1.165) is 32.1 Å². The van der Waals surface area contributed by atoms with E-state index in [1.807, 2.05) is 0 Å². The number of aliphatic hydroxyl groups excluding tert-OH is 1. The summed E-state index contributed by atoms with van der Waals surface area (Å²) < 4.78 is 26.0. The largest absolute Gasteiger partial charge is 0.393 e. The molecule has 1 saturated carbocycles. The molecule has 0 spiro atoms. The number of hydrogen-bond donors (Lipinski definition) is 1. The second kappa shape index (κ2) is 4.63. The van der Waals surface area contributed by atoms with Crippen LogP contribution < -0.4 is 0 Å². The molecule has 5 heteroatoms. The Morgan fingerprint density at radius 2 is 2.00 bits per heavy atom. The Labute approximate surface area is 97.7 Å². The summed E-state index contributed by atoms with van der Waals surface area (Å²) in [6.07, 6.45) is 4.74. The molecule has 0 radical (unpaired) electrons. The summed E-state index contributed by atoms with van der Waals surface area (Å²) in [5, 5.41) is 9.30. The zero-order chi connectivity index (χ0) is 11.8. The summed E-state index contributed by atoms with van der Waals surface area (Å²) in [4.78, 5) is 0. The number of piperidine rings is 1. The molecule has 1 aliphatic heterocycles. The van der Waals surface area contributed by atoms with Gasteiger partial charge in [-0.2, -0.15) is 4.31 Å². The van der Waals surface area contributed by atoms with Gasteiger partial charge in [0, 0.05) is 12.6 Å². The van der Waals surface area contributed by atoms with Gasteiger partial charge in [0.05, 0.1) is 11.4 Å². The molecule has 1 aliphatic carbocycles. The minimum atomic E-state index is -3.06. The van der Waals surface area contributed by atoms with E-state index < -0.39 is 16.1 Å². The molecule has 0 aromatic heterocycles. The van der Waals surface area contributed by atoms with Gasteiger partial charge in [-0.3, -0.25) is 0 Å². The van der Waals surface area contributed by atoms with Crippen LogP contribution in [0.15, 0.2) is 0 Å². The van der Waals surface area contributed by atoms with Crippen molar-refractivity contribution in [3.63, 3.8) is 0 Å². The average molecular weight is 247 g/mol. The predicted molar refractivity (Wildman–Crippen MR) is 62.6 cm³/mol. The Bertz CT molecular complexity index is 335. The van der Waals surface area contributed by atoms with Gasteiger partial charge in [-0.05, 0) is 39.0 Å². The Kier molecular flexibility index (Phi) is 3.56. The number of nitrogens with zero attached hydrogens (tertiary/aromatic N) is 1. The molecule has 1 heterocycles. The molecule has 4 nitrogen and oxygen atoms in total. The van der Waals surface area contributed by atoms with Crippen LogP contribution >= 0.6 is 0 Å². The summed E-state index contributed by atoms with van der Waals surface area (Å²) in [7, 11) is -3.06. The van der Waals surface area contributed by atoms with E-state index in [9.17, 15) is 13.5 Å². The van der Waals surface area contributed by atoms with Crippen molar-refractivity contribution in [1.82, 2.24) is 4.31 Å². The maximum atomic E-state index is 12.2. The van der Waals surface area contributed by atoms with Crippen LogP contribution in [0.3, 0.4) is 0 Å². The zero-order valence-corrected chi connectivity index (χ0v) is 10.6. The molecule has 1 N–H and O–H groups in total. The SMILES string of the molecule is CC(O)CC1CCCCN1S(=O)(=O)C1CC1.